The minimum Gasteiger partial charge on any atom is -0.381 e. The molecule has 5 nitrogen and oxygen atoms in total. The summed E-state index contributed by atoms with van der Waals surface area (Å²) < 4.78 is 5.25. The Morgan fingerprint density at radius 1 is 1.47 bits per heavy atom. The van der Waals surface area contributed by atoms with Crippen molar-refractivity contribution in [1.82, 2.24) is 10.2 Å². The minimum atomic E-state index is -0.714. The molecule has 0 saturated carbocycles. The van der Waals surface area contributed by atoms with Gasteiger partial charge < -0.3 is 20.7 Å². The lowest BCUT2D eigenvalue weighted by molar-refractivity contribution is -0.130. The van der Waals surface area contributed by atoms with Crippen LogP contribution in [0, 0.1) is 0 Å². The van der Waals surface area contributed by atoms with Crippen LogP contribution in [0.4, 0.5) is 0 Å². The van der Waals surface area contributed by atoms with Crippen LogP contribution in [0.15, 0.2) is 0 Å². The average molecular weight is 241 g/mol. The first-order valence-corrected chi connectivity index (χ1v) is 6.46. The SMILES string of the molecule is CN1CCCC(NC(=O)C2(N)CCOCC2)C1. The third-order valence-electron chi connectivity index (χ3n) is 3.80. The summed E-state index contributed by atoms with van der Waals surface area (Å²) in [5.41, 5.74) is 5.43. The van der Waals surface area contributed by atoms with Gasteiger partial charge in [0.25, 0.3) is 0 Å². The summed E-state index contributed by atoms with van der Waals surface area (Å²) in [4.78, 5) is 14.4. The van der Waals surface area contributed by atoms with E-state index in [0.29, 0.717) is 26.1 Å². The largest absolute Gasteiger partial charge is 0.381 e. The normalized spacial score (nSPS) is 29.9. The Labute approximate surface area is 103 Å². The number of likely N-dealkylation sites (N-methyl/N-ethyl adjacent to an activating group) is 1. The zero-order chi connectivity index (χ0) is 12.3. The Morgan fingerprint density at radius 3 is 2.82 bits per heavy atom. The topological polar surface area (TPSA) is 67.6 Å². The Bertz CT molecular complexity index is 277. The van der Waals surface area contributed by atoms with Crippen molar-refractivity contribution in [2.24, 2.45) is 5.73 Å². The summed E-state index contributed by atoms with van der Waals surface area (Å²) >= 11 is 0. The third-order valence-corrected chi connectivity index (χ3v) is 3.80. The first kappa shape index (κ1) is 12.8. The van der Waals surface area contributed by atoms with Crippen LogP contribution < -0.4 is 11.1 Å². The number of carbonyl (C=O) groups is 1. The van der Waals surface area contributed by atoms with Crippen molar-refractivity contribution in [2.45, 2.75) is 37.3 Å². The summed E-state index contributed by atoms with van der Waals surface area (Å²) in [6.07, 6.45) is 3.45. The van der Waals surface area contributed by atoms with Crippen LogP contribution in [0.1, 0.15) is 25.7 Å². The number of carbonyl (C=O) groups excluding carboxylic acids is 1. The van der Waals surface area contributed by atoms with Crippen molar-refractivity contribution >= 4 is 5.91 Å². The number of nitrogens with two attached hydrogens (primary N) is 1. The second-order valence-corrected chi connectivity index (χ2v) is 5.34. The molecule has 0 aromatic rings. The summed E-state index contributed by atoms with van der Waals surface area (Å²) in [6, 6.07) is 0.254. The van der Waals surface area contributed by atoms with Gasteiger partial charge in [0, 0.05) is 25.8 Å². The van der Waals surface area contributed by atoms with Gasteiger partial charge in [-0.25, -0.2) is 0 Å². The quantitative estimate of drug-likeness (QED) is 0.697. The Kier molecular flexibility index (Phi) is 4.01. The van der Waals surface area contributed by atoms with Crippen molar-refractivity contribution in [1.29, 1.82) is 0 Å². The van der Waals surface area contributed by atoms with Gasteiger partial charge in [-0.1, -0.05) is 0 Å². The predicted molar refractivity (Wildman–Crippen MR) is 65.6 cm³/mol. The van der Waals surface area contributed by atoms with Gasteiger partial charge in [-0.15, -0.1) is 0 Å². The van der Waals surface area contributed by atoms with Crippen LogP contribution in [-0.2, 0) is 9.53 Å². The second kappa shape index (κ2) is 5.33. The van der Waals surface area contributed by atoms with Crippen LogP contribution in [0.2, 0.25) is 0 Å². The Balaban J connectivity index is 1.87. The highest BCUT2D eigenvalue weighted by Gasteiger charge is 2.37. The summed E-state index contributed by atoms with van der Waals surface area (Å²) in [6.45, 7) is 3.23. The van der Waals surface area contributed by atoms with Crippen LogP contribution in [0.25, 0.3) is 0 Å². The van der Waals surface area contributed by atoms with Gasteiger partial charge in [-0.3, -0.25) is 4.79 Å². The van der Waals surface area contributed by atoms with Gasteiger partial charge in [0.05, 0.1) is 5.54 Å². The molecule has 2 aliphatic heterocycles. The van der Waals surface area contributed by atoms with Crippen molar-refractivity contribution in [3.63, 3.8) is 0 Å². The number of nitrogens with zero attached hydrogens (tertiary/aromatic N) is 1. The molecule has 0 aromatic carbocycles. The lowest BCUT2D eigenvalue weighted by atomic mass is 9.89. The number of piperidine rings is 1. The van der Waals surface area contributed by atoms with Crippen molar-refractivity contribution in [2.75, 3.05) is 33.4 Å². The molecular formula is C12H23N3O2. The number of amides is 1. The fourth-order valence-corrected chi connectivity index (χ4v) is 2.58. The highest BCUT2D eigenvalue weighted by molar-refractivity contribution is 5.86. The van der Waals surface area contributed by atoms with Crippen LogP contribution in [-0.4, -0.2) is 55.7 Å². The number of likely N-dealkylation sites (tertiary alicyclic amines) is 1. The van der Waals surface area contributed by atoms with E-state index >= 15 is 0 Å². The molecule has 1 unspecified atom stereocenters. The zero-order valence-corrected chi connectivity index (χ0v) is 10.6. The van der Waals surface area contributed by atoms with Gasteiger partial charge in [-0.05, 0) is 39.3 Å². The molecule has 98 valence electrons. The summed E-state index contributed by atoms with van der Waals surface area (Å²) in [5.74, 6) is 0.00102. The van der Waals surface area contributed by atoms with E-state index in [1.54, 1.807) is 0 Å². The highest BCUT2D eigenvalue weighted by Crippen LogP contribution is 2.18. The smallest absolute Gasteiger partial charge is 0.240 e. The van der Waals surface area contributed by atoms with E-state index in [0.717, 1.165) is 25.9 Å². The maximum absolute atomic E-state index is 12.2. The minimum absolute atomic E-state index is 0.00102. The first-order chi connectivity index (χ1) is 8.10. The van der Waals surface area contributed by atoms with E-state index in [2.05, 4.69) is 17.3 Å². The van der Waals surface area contributed by atoms with Crippen molar-refractivity contribution in [3.05, 3.63) is 0 Å². The lowest BCUT2D eigenvalue weighted by Crippen LogP contribution is -2.60. The van der Waals surface area contributed by atoms with Gasteiger partial charge in [0.2, 0.25) is 5.91 Å². The maximum Gasteiger partial charge on any atom is 0.240 e. The molecule has 0 aliphatic carbocycles. The van der Waals surface area contributed by atoms with Crippen molar-refractivity contribution < 1.29 is 9.53 Å². The third kappa shape index (κ3) is 3.18. The number of hydrogen-bond donors (Lipinski definition) is 2. The Hall–Kier alpha value is -0.650. The molecule has 2 saturated heterocycles. The molecule has 0 radical (unpaired) electrons. The molecule has 0 aromatic heterocycles. The van der Waals surface area contributed by atoms with E-state index < -0.39 is 5.54 Å². The van der Waals surface area contributed by atoms with Gasteiger partial charge in [0.15, 0.2) is 0 Å². The molecule has 2 aliphatic rings. The van der Waals surface area contributed by atoms with E-state index in [4.69, 9.17) is 10.5 Å². The Morgan fingerprint density at radius 2 is 2.18 bits per heavy atom. The number of ether oxygens (including phenoxy) is 1. The predicted octanol–water partition coefficient (Wildman–Crippen LogP) is -0.295. The number of hydrogen-bond acceptors (Lipinski definition) is 4. The zero-order valence-electron chi connectivity index (χ0n) is 10.6. The molecule has 3 N–H and O–H groups in total. The van der Waals surface area contributed by atoms with Crippen LogP contribution in [0.3, 0.4) is 0 Å². The van der Waals surface area contributed by atoms with Gasteiger partial charge in [0.1, 0.15) is 0 Å². The number of rotatable bonds is 2. The molecule has 17 heavy (non-hydrogen) atoms. The van der Waals surface area contributed by atoms with E-state index in [-0.39, 0.29) is 11.9 Å². The van der Waals surface area contributed by atoms with Crippen LogP contribution in [0.5, 0.6) is 0 Å². The highest BCUT2D eigenvalue weighted by atomic mass is 16.5. The monoisotopic (exact) mass is 241 g/mol. The molecule has 0 spiro atoms. The molecule has 2 fully saturated rings. The average Bonchev–Trinajstić information content (AvgIpc) is 2.30. The van der Waals surface area contributed by atoms with Gasteiger partial charge >= 0.3 is 0 Å². The molecule has 1 amide bonds. The van der Waals surface area contributed by atoms with Gasteiger partial charge in [-0.2, -0.15) is 0 Å². The molecule has 2 heterocycles. The fourth-order valence-electron chi connectivity index (χ4n) is 2.58. The first-order valence-electron chi connectivity index (χ1n) is 6.46. The van der Waals surface area contributed by atoms with Crippen LogP contribution >= 0.6 is 0 Å². The fraction of sp³-hybridized carbons (Fsp3) is 0.917. The maximum atomic E-state index is 12.2. The lowest BCUT2D eigenvalue weighted by Gasteiger charge is -2.36. The second-order valence-electron chi connectivity index (χ2n) is 5.34. The molecule has 0 bridgehead atoms. The molecule has 2 rings (SSSR count). The van der Waals surface area contributed by atoms with E-state index in [1.807, 2.05) is 0 Å². The molecule has 5 heteroatoms. The standard InChI is InChI=1S/C12H23N3O2/c1-15-6-2-3-10(9-15)14-11(16)12(13)4-7-17-8-5-12/h10H,2-9,13H2,1H3,(H,14,16). The van der Waals surface area contributed by atoms with E-state index in [9.17, 15) is 4.79 Å². The summed E-state index contributed by atoms with van der Waals surface area (Å²) in [5, 5.41) is 3.10. The van der Waals surface area contributed by atoms with Crippen molar-refractivity contribution in [3.8, 4) is 0 Å². The molecule has 1 atom stereocenters. The number of nitrogens with one attached hydrogen (secondary N) is 1. The summed E-state index contributed by atoms with van der Waals surface area (Å²) in [7, 11) is 2.09. The van der Waals surface area contributed by atoms with E-state index in [1.165, 1.54) is 0 Å². The molecular weight excluding hydrogens is 218 g/mol.